The van der Waals surface area contributed by atoms with Crippen LogP contribution in [0.1, 0.15) is 35.3 Å². The number of fused-ring (bicyclic) bond motifs is 2. The average molecular weight is 419 g/mol. The van der Waals surface area contributed by atoms with Crippen LogP contribution in [-0.4, -0.2) is 10.9 Å². The molecule has 5 heteroatoms. The van der Waals surface area contributed by atoms with E-state index in [0.29, 0.717) is 6.42 Å². The average Bonchev–Trinajstić information content (AvgIpc) is 3.33. The van der Waals surface area contributed by atoms with Crippen LogP contribution in [0.2, 0.25) is 0 Å². The fraction of sp³-hybridized carbons (Fsp3) is 0.250. The molecule has 3 nitrogen and oxygen atoms in total. The predicted molar refractivity (Wildman–Crippen MR) is 123 cm³/mol. The number of benzene rings is 2. The van der Waals surface area contributed by atoms with Crippen LogP contribution in [0.15, 0.2) is 54.6 Å². The number of anilines is 1. The molecule has 5 rings (SSSR count). The number of carbonyl (C=O) groups is 1. The third-order valence-electron chi connectivity index (χ3n) is 5.42. The van der Waals surface area contributed by atoms with Crippen molar-refractivity contribution in [3.63, 3.8) is 0 Å². The van der Waals surface area contributed by atoms with Crippen molar-refractivity contribution >= 4 is 43.8 Å². The molecule has 1 aliphatic carbocycles. The van der Waals surface area contributed by atoms with Crippen molar-refractivity contribution in [2.45, 2.75) is 38.5 Å². The van der Waals surface area contributed by atoms with Crippen LogP contribution in [0.5, 0.6) is 0 Å². The highest BCUT2D eigenvalue weighted by atomic mass is 32.1. The minimum atomic E-state index is 0.0785. The molecule has 146 valence electrons. The maximum absolute atomic E-state index is 12.7. The Labute approximate surface area is 178 Å². The third-order valence-corrected chi connectivity index (χ3v) is 7.68. The largest absolute Gasteiger partial charge is 0.317 e. The first-order valence-electron chi connectivity index (χ1n) is 10.1. The van der Waals surface area contributed by atoms with Gasteiger partial charge in [0.2, 0.25) is 5.91 Å². The van der Waals surface area contributed by atoms with E-state index in [4.69, 9.17) is 4.98 Å². The van der Waals surface area contributed by atoms with Crippen LogP contribution in [0.4, 0.5) is 5.00 Å². The fourth-order valence-corrected chi connectivity index (χ4v) is 6.37. The summed E-state index contributed by atoms with van der Waals surface area (Å²) < 4.78 is 1.19. The lowest BCUT2D eigenvalue weighted by Crippen LogP contribution is -2.12. The summed E-state index contributed by atoms with van der Waals surface area (Å²) in [6, 6.07) is 18.5. The summed E-state index contributed by atoms with van der Waals surface area (Å²) in [7, 11) is 0. The monoisotopic (exact) mass is 418 g/mol. The fourth-order valence-electron chi connectivity index (χ4n) is 3.95. The number of aromatic nitrogens is 1. The number of rotatable bonds is 5. The highest BCUT2D eigenvalue weighted by Gasteiger charge is 2.25. The second-order valence-electron chi connectivity index (χ2n) is 7.44. The summed E-state index contributed by atoms with van der Waals surface area (Å²) in [5, 5.41) is 5.24. The Morgan fingerprint density at radius 3 is 2.62 bits per heavy atom. The van der Waals surface area contributed by atoms with Crippen LogP contribution in [0.3, 0.4) is 0 Å². The molecule has 0 fully saturated rings. The molecule has 2 heterocycles. The molecule has 0 bridgehead atoms. The highest BCUT2D eigenvalue weighted by Crippen LogP contribution is 2.46. The molecule has 0 radical (unpaired) electrons. The van der Waals surface area contributed by atoms with Gasteiger partial charge in [0.25, 0.3) is 0 Å². The number of amides is 1. The zero-order chi connectivity index (χ0) is 19.6. The Hall–Kier alpha value is -2.50. The normalized spacial score (nSPS) is 13.4. The number of aryl methyl sites for hydroxylation is 2. The standard InChI is InChI=1S/C24H22N2OS2/c27-21(15-14-16-8-2-1-3-9-16)26-24-22(17-10-4-6-12-19(17)28-24)23-25-18-11-5-7-13-20(18)29-23/h1-3,5,7-9,11,13H,4,6,10,12,14-15H2,(H,26,27). The van der Waals surface area contributed by atoms with Gasteiger partial charge in [0.1, 0.15) is 10.0 Å². The smallest absolute Gasteiger partial charge is 0.225 e. The zero-order valence-corrected chi connectivity index (χ0v) is 17.7. The van der Waals surface area contributed by atoms with E-state index in [0.717, 1.165) is 34.8 Å². The minimum Gasteiger partial charge on any atom is -0.317 e. The Kier molecular flexibility index (Phi) is 5.17. The van der Waals surface area contributed by atoms with E-state index < -0.39 is 0 Å². The summed E-state index contributed by atoms with van der Waals surface area (Å²) in [5.41, 5.74) is 4.79. The van der Waals surface area contributed by atoms with Gasteiger partial charge in [-0.25, -0.2) is 4.98 Å². The number of nitrogens with zero attached hydrogens (tertiary/aromatic N) is 1. The van der Waals surface area contributed by atoms with E-state index in [2.05, 4.69) is 35.6 Å². The van der Waals surface area contributed by atoms with Gasteiger partial charge in [-0.05, 0) is 55.4 Å². The Balaban J connectivity index is 1.44. The third kappa shape index (κ3) is 3.85. The summed E-state index contributed by atoms with van der Waals surface area (Å²) in [6.07, 6.45) is 5.88. The van der Waals surface area contributed by atoms with E-state index in [1.165, 1.54) is 39.1 Å². The maximum Gasteiger partial charge on any atom is 0.225 e. The van der Waals surface area contributed by atoms with Crippen LogP contribution in [-0.2, 0) is 24.1 Å². The molecular weight excluding hydrogens is 396 g/mol. The van der Waals surface area contributed by atoms with Crippen LogP contribution >= 0.6 is 22.7 Å². The van der Waals surface area contributed by atoms with Gasteiger partial charge in [-0.2, -0.15) is 0 Å². The van der Waals surface area contributed by atoms with Crippen molar-refractivity contribution in [2.24, 2.45) is 0 Å². The second kappa shape index (κ2) is 8.09. The summed E-state index contributed by atoms with van der Waals surface area (Å²) in [6.45, 7) is 0. The van der Waals surface area contributed by atoms with Gasteiger partial charge in [-0.1, -0.05) is 42.5 Å². The number of hydrogen-bond donors (Lipinski definition) is 1. The minimum absolute atomic E-state index is 0.0785. The molecule has 4 aromatic rings. The van der Waals surface area contributed by atoms with E-state index in [-0.39, 0.29) is 5.91 Å². The lowest BCUT2D eigenvalue weighted by molar-refractivity contribution is -0.116. The summed E-state index contributed by atoms with van der Waals surface area (Å²) >= 11 is 3.47. The van der Waals surface area contributed by atoms with Crippen LogP contribution < -0.4 is 5.32 Å². The Morgan fingerprint density at radius 1 is 0.966 bits per heavy atom. The van der Waals surface area contributed by atoms with Crippen molar-refractivity contribution in [1.82, 2.24) is 4.98 Å². The first-order chi connectivity index (χ1) is 14.3. The van der Waals surface area contributed by atoms with E-state index in [9.17, 15) is 4.79 Å². The number of thiazole rings is 1. The lowest BCUT2D eigenvalue weighted by atomic mass is 9.95. The van der Waals surface area contributed by atoms with E-state index in [1.54, 1.807) is 22.7 Å². The van der Waals surface area contributed by atoms with Crippen LogP contribution in [0.25, 0.3) is 20.8 Å². The molecule has 29 heavy (non-hydrogen) atoms. The molecule has 0 unspecified atom stereocenters. The number of carbonyl (C=O) groups excluding carboxylic acids is 1. The lowest BCUT2D eigenvalue weighted by Gasteiger charge is -2.11. The highest BCUT2D eigenvalue weighted by molar-refractivity contribution is 7.22. The number of nitrogens with one attached hydrogen (secondary N) is 1. The van der Waals surface area contributed by atoms with Gasteiger partial charge in [0.05, 0.1) is 10.2 Å². The van der Waals surface area contributed by atoms with Crippen LogP contribution in [0, 0.1) is 0 Å². The van der Waals surface area contributed by atoms with Crippen molar-refractivity contribution < 1.29 is 4.79 Å². The molecule has 1 amide bonds. The summed E-state index contributed by atoms with van der Waals surface area (Å²) in [4.78, 5) is 19.1. The molecule has 2 aromatic heterocycles. The molecule has 0 spiro atoms. The summed E-state index contributed by atoms with van der Waals surface area (Å²) in [5.74, 6) is 0.0785. The second-order valence-corrected chi connectivity index (χ2v) is 9.57. The van der Waals surface area contributed by atoms with Gasteiger partial charge in [0.15, 0.2) is 0 Å². The molecule has 1 aliphatic rings. The zero-order valence-electron chi connectivity index (χ0n) is 16.1. The molecule has 1 N–H and O–H groups in total. The molecule has 0 saturated carbocycles. The van der Waals surface area contributed by atoms with Gasteiger partial charge in [-0.15, -0.1) is 22.7 Å². The maximum atomic E-state index is 12.7. The van der Waals surface area contributed by atoms with Gasteiger partial charge in [0, 0.05) is 16.9 Å². The predicted octanol–water partition coefficient (Wildman–Crippen LogP) is 6.47. The van der Waals surface area contributed by atoms with Crippen molar-refractivity contribution in [3.05, 3.63) is 70.6 Å². The van der Waals surface area contributed by atoms with E-state index in [1.807, 2.05) is 24.3 Å². The first-order valence-corrected chi connectivity index (χ1v) is 11.8. The number of hydrogen-bond acceptors (Lipinski definition) is 4. The molecule has 0 saturated heterocycles. The molecular formula is C24H22N2OS2. The van der Waals surface area contributed by atoms with Gasteiger partial charge in [-0.3, -0.25) is 4.79 Å². The van der Waals surface area contributed by atoms with Crippen molar-refractivity contribution in [3.8, 4) is 10.6 Å². The van der Waals surface area contributed by atoms with E-state index >= 15 is 0 Å². The van der Waals surface area contributed by atoms with Crippen molar-refractivity contribution in [1.29, 1.82) is 0 Å². The van der Waals surface area contributed by atoms with Gasteiger partial charge < -0.3 is 5.32 Å². The molecule has 0 atom stereocenters. The Bertz CT molecular complexity index is 1130. The number of thiophene rings is 1. The first kappa shape index (κ1) is 18.5. The number of para-hydroxylation sites is 1. The SMILES string of the molecule is O=C(CCc1ccccc1)Nc1sc2c(c1-c1nc3ccccc3s1)CCCC2. The molecule has 2 aromatic carbocycles. The molecule has 0 aliphatic heterocycles. The topological polar surface area (TPSA) is 42.0 Å². The van der Waals surface area contributed by atoms with Gasteiger partial charge >= 0.3 is 0 Å². The Morgan fingerprint density at radius 2 is 1.76 bits per heavy atom. The quantitative estimate of drug-likeness (QED) is 0.403. The van der Waals surface area contributed by atoms with Crippen molar-refractivity contribution in [2.75, 3.05) is 5.32 Å².